The van der Waals surface area contributed by atoms with E-state index in [1.807, 2.05) is 84.9 Å². The molecule has 0 aliphatic heterocycles. The summed E-state index contributed by atoms with van der Waals surface area (Å²) < 4.78 is 10.9. The fourth-order valence-corrected chi connectivity index (χ4v) is 7.62. The SMILES string of the molecule is CC(C)c1cccc(C(C)C)c1-n1c(-c2[c-]ccc3c2oc2ccccc23)nc2ccccc21.[Ir].[c-]1ccccc1-c1nc2ccccc2n1-c1ccccc1. The van der Waals surface area contributed by atoms with Gasteiger partial charge in [0.2, 0.25) is 0 Å². The molecular weight excluding hydrogens is 865 g/mol. The van der Waals surface area contributed by atoms with Gasteiger partial charge in [-0.1, -0.05) is 118 Å². The van der Waals surface area contributed by atoms with E-state index in [2.05, 4.69) is 122 Å². The molecule has 7 aromatic carbocycles. The van der Waals surface area contributed by atoms with Crippen molar-refractivity contribution in [1.29, 1.82) is 0 Å². The van der Waals surface area contributed by atoms with Gasteiger partial charge in [-0.25, -0.2) is 0 Å². The summed E-state index contributed by atoms with van der Waals surface area (Å²) in [5.74, 6) is 2.52. The normalized spacial score (nSPS) is 11.4. The van der Waals surface area contributed by atoms with E-state index in [0.29, 0.717) is 11.8 Å². The van der Waals surface area contributed by atoms with Crippen LogP contribution in [-0.4, -0.2) is 19.1 Å². The third-order valence-electron chi connectivity index (χ3n) is 10.2. The Morgan fingerprint density at radius 1 is 0.518 bits per heavy atom. The van der Waals surface area contributed by atoms with Crippen molar-refractivity contribution in [2.75, 3.05) is 0 Å². The van der Waals surface area contributed by atoms with Crippen molar-refractivity contribution in [3.8, 4) is 34.2 Å². The molecule has 3 aromatic heterocycles. The number of rotatable bonds is 6. The maximum atomic E-state index is 6.40. The number of nitrogens with zero attached hydrogens (tertiary/aromatic N) is 4. The molecule has 0 atom stereocenters. The molecule has 5 nitrogen and oxygen atoms in total. The van der Waals surface area contributed by atoms with E-state index in [1.54, 1.807) is 0 Å². The Morgan fingerprint density at radius 2 is 1.12 bits per heavy atom. The quantitative estimate of drug-likeness (QED) is 0.156. The zero-order valence-corrected chi connectivity index (χ0v) is 34.1. The van der Waals surface area contributed by atoms with Gasteiger partial charge in [-0.3, -0.25) is 9.97 Å². The predicted molar refractivity (Wildman–Crippen MR) is 226 cm³/mol. The van der Waals surface area contributed by atoms with Crippen molar-refractivity contribution >= 4 is 44.0 Å². The van der Waals surface area contributed by atoms with Crippen LogP contribution in [0.4, 0.5) is 0 Å². The van der Waals surface area contributed by atoms with Gasteiger partial charge in [0.05, 0.1) is 39.3 Å². The molecule has 0 saturated carbocycles. The number of hydrogen-bond donors (Lipinski definition) is 0. The van der Waals surface area contributed by atoms with Gasteiger partial charge in [0, 0.05) is 36.9 Å². The van der Waals surface area contributed by atoms with Gasteiger partial charge in [0.1, 0.15) is 5.58 Å². The van der Waals surface area contributed by atoms with Crippen molar-refractivity contribution in [3.63, 3.8) is 0 Å². The Balaban J connectivity index is 0.000000172. The summed E-state index contributed by atoms with van der Waals surface area (Å²) in [4.78, 5) is 9.94. The second-order valence-corrected chi connectivity index (χ2v) is 14.4. The molecule has 56 heavy (non-hydrogen) atoms. The number of para-hydroxylation sites is 7. The molecule has 0 aliphatic carbocycles. The van der Waals surface area contributed by atoms with Crippen molar-refractivity contribution < 1.29 is 24.5 Å². The van der Waals surface area contributed by atoms with Crippen LogP contribution in [0.2, 0.25) is 0 Å². The maximum absolute atomic E-state index is 6.40. The predicted octanol–water partition coefficient (Wildman–Crippen LogP) is 13.1. The van der Waals surface area contributed by atoms with Crippen molar-refractivity contribution in [2.45, 2.75) is 39.5 Å². The fourth-order valence-electron chi connectivity index (χ4n) is 7.62. The van der Waals surface area contributed by atoms with Crippen LogP contribution >= 0.6 is 0 Å². The summed E-state index contributed by atoms with van der Waals surface area (Å²) in [6.07, 6.45) is 0. The topological polar surface area (TPSA) is 48.8 Å². The molecule has 10 rings (SSSR count). The third-order valence-corrected chi connectivity index (χ3v) is 10.2. The Kier molecular flexibility index (Phi) is 10.3. The van der Waals surface area contributed by atoms with Gasteiger partial charge in [-0.05, 0) is 65.4 Å². The Morgan fingerprint density at radius 3 is 1.80 bits per heavy atom. The van der Waals surface area contributed by atoms with Crippen LogP contribution in [-0.2, 0) is 20.1 Å². The van der Waals surface area contributed by atoms with Gasteiger partial charge in [-0.15, -0.1) is 54.1 Å². The minimum atomic E-state index is 0. The molecule has 3 heterocycles. The van der Waals surface area contributed by atoms with Gasteiger partial charge >= 0.3 is 0 Å². The maximum Gasteiger partial charge on any atom is 0.120 e. The summed E-state index contributed by atoms with van der Waals surface area (Å²) in [5.41, 5.74) is 12.7. The van der Waals surface area contributed by atoms with Crippen LogP contribution < -0.4 is 0 Å². The van der Waals surface area contributed by atoms with Gasteiger partial charge in [0.25, 0.3) is 0 Å². The molecule has 10 aromatic rings. The number of furan rings is 1. The molecule has 0 saturated heterocycles. The minimum Gasteiger partial charge on any atom is -0.501 e. The van der Waals surface area contributed by atoms with Crippen LogP contribution in [0, 0.1) is 12.1 Å². The van der Waals surface area contributed by atoms with E-state index in [-0.39, 0.29) is 20.1 Å². The molecule has 0 spiro atoms. The zero-order chi connectivity index (χ0) is 37.5. The molecule has 0 unspecified atom stereocenters. The van der Waals surface area contributed by atoms with Crippen LogP contribution in [0.25, 0.3) is 78.2 Å². The first-order chi connectivity index (χ1) is 27.0. The summed E-state index contributed by atoms with van der Waals surface area (Å²) in [6.45, 7) is 9.03. The Hall–Kier alpha value is -6.07. The van der Waals surface area contributed by atoms with Crippen molar-refractivity contribution in [3.05, 3.63) is 181 Å². The van der Waals surface area contributed by atoms with E-state index in [9.17, 15) is 0 Å². The number of imidazole rings is 2. The van der Waals surface area contributed by atoms with Crippen LogP contribution in [0.5, 0.6) is 0 Å². The number of hydrogen-bond acceptors (Lipinski definition) is 3. The van der Waals surface area contributed by atoms with Gasteiger partial charge < -0.3 is 13.6 Å². The van der Waals surface area contributed by atoms with E-state index >= 15 is 0 Å². The Bertz CT molecular complexity index is 2910. The van der Waals surface area contributed by atoms with E-state index < -0.39 is 0 Å². The standard InChI is InChI=1S/C31H27N2O.C19H13N2.Ir/c1-19(2)21-12-9-13-22(20(3)4)29(21)33-27-17-7-6-16-26(27)32-31(33)25-15-10-14-24-23-11-5-8-18-28(23)34-30(24)25;1-3-9-15(10-4-1)19-20-17-13-7-8-14-18(17)21(19)16-11-5-2-6-12-16;/h5-14,16-20H,1-4H3;1-9,11-14H;/q2*-1;. The Labute approximate surface area is 340 Å². The molecule has 1 radical (unpaired) electrons. The smallest absolute Gasteiger partial charge is 0.120 e. The second kappa shape index (κ2) is 15.6. The first-order valence-electron chi connectivity index (χ1n) is 18.9. The monoisotopic (exact) mass is 905 g/mol. The summed E-state index contributed by atoms with van der Waals surface area (Å²) >= 11 is 0. The third kappa shape index (κ3) is 6.55. The first-order valence-corrected chi connectivity index (χ1v) is 18.9. The van der Waals surface area contributed by atoms with Crippen molar-refractivity contribution in [2.24, 2.45) is 0 Å². The molecule has 0 fully saturated rings. The number of fused-ring (bicyclic) bond motifs is 5. The average Bonchev–Trinajstić information content (AvgIpc) is 3.93. The average molecular weight is 905 g/mol. The van der Waals surface area contributed by atoms with Gasteiger partial charge in [-0.2, -0.15) is 0 Å². The molecule has 0 bridgehead atoms. The zero-order valence-electron chi connectivity index (χ0n) is 31.7. The van der Waals surface area contributed by atoms with Crippen LogP contribution in [0.1, 0.15) is 50.7 Å². The summed E-state index contributed by atoms with van der Waals surface area (Å²) in [5, 5.41) is 2.20. The molecule has 6 heteroatoms. The van der Waals surface area contributed by atoms with E-state index in [0.717, 1.165) is 72.5 Å². The van der Waals surface area contributed by atoms with Gasteiger partial charge in [0.15, 0.2) is 0 Å². The number of aromatic nitrogens is 4. The van der Waals surface area contributed by atoms with Crippen LogP contribution in [0.15, 0.2) is 162 Å². The van der Waals surface area contributed by atoms with Crippen LogP contribution in [0.3, 0.4) is 0 Å². The molecule has 0 amide bonds. The minimum absolute atomic E-state index is 0. The first kappa shape index (κ1) is 36.9. The second-order valence-electron chi connectivity index (χ2n) is 14.4. The summed E-state index contributed by atoms with van der Waals surface area (Å²) in [7, 11) is 0. The molecular formula is C50H40IrN4O-2. The van der Waals surface area contributed by atoms with E-state index in [4.69, 9.17) is 14.4 Å². The van der Waals surface area contributed by atoms with Crippen molar-refractivity contribution in [1.82, 2.24) is 19.1 Å². The molecule has 0 aliphatic rings. The number of benzene rings is 7. The fraction of sp³-hybridized carbons (Fsp3) is 0.120. The molecule has 277 valence electrons. The van der Waals surface area contributed by atoms with E-state index in [1.165, 1.54) is 16.8 Å². The molecule has 0 N–H and O–H groups in total. The largest absolute Gasteiger partial charge is 0.501 e. The summed E-state index contributed by atoms with van der Waals surface area (Å²) in [6, 6.07) is 60.5.